The number of thioether (sulfide) groups is 2. The maximum Gasteiger partial charge on any atom is 0.162 e. The van der Waals surface area contributed by atoms with Crippen LogP contribution in [-0.2, 0) is 13.1 Å². The zero-order chi connectivity index (χ0) is 18.7. The summed E-state index contributed by atoms with van der Waals surface area (Å²) in [5, 5.41) is 10.9. The van der Waals surface area contributed by atoms with Crippen LogP contribution >= 0.6 is 35.1 Å². The molecule has 1 saturated heterocycles. The van der Waals surface area contributed by atoms with Crippen LogP contribution < -0.4 is 4.74 Å². The number of hydrogen-bond acceptors (Lipinski definition) is 5. The highest BCUT2D eigenvalue weighted by Crippen LogP contribution is 2.47. The number of aromatic hydroxyl groups is 1. The Kier molecular flexibility index (Phi) is 6.61. The van der Waals surface area contributed by atoms with Gasteiger partial charge in [0.2, 0.25) is 0 Å². The van der Waals surface area contributed by atoms with Crippen molar-refractivity contribution in [1.29, 1.82) is 0 Å². The second kappa shape index (κ2) is 8.74. The molecule has 2 aromatic rings. The van der Waals surface area contributed by atoms with Crippen LogP contribution in [0, 0.1) is 5.82 Å². The molecule has 0 atom stereocenters. The molecule has 140 valence electrons. The summed E-state index contributed by atoms with van der Waals surface area (Å²) in [6.45, 7) is 0.813. The zero-order valence-corrected chi connectivity index (χ0v) is 17.1. The molecule has 0 spiro atoms. The number of benzene rings is 2. The van der Waals surface area contributed by atoms with Crippen LogP contribution in [0.4, 0.5) is 4.39 Å². The van der Waals surface area contributed by atoms with Crippen LogP contribution in [0.2, 0.25) is 5.02 Å². The van der Waals surface area contributed by atoms with Gasteiger partial charge in [-0.1, -0.05) is 17.7 Å². The fourth-order valence-electron chi connectivity index (χ4n) is 2.95. The molecule has 1 heterocycles. The maximum absolute atomic E-state index is 14.0. The van der Waals surface area contributed by atoms with E-state index in [1.807, 2.05) is 47.6 Å². The normalized spacial score (nSPS) is 15.0. The molecule has 7 heteroatoms. The molecular weight excluding hydrogens is 393 g/mol. The van der Waals surface area contributed by atoms with Crippen molar-refractivity contribution in [3.63, 3.8) is 0 Å². The first-order valence-electron chi connectivity index (χ1n) is 8.24. The average molecular weight is 414 g/mol. The van der Waals surface area contributed by atoms with Gasteiger partial charge < -0.3 is 9.84 Å². The minimum atomic E-state index is -0.321. The van der Waals surface area contributed by atoms with E-state index >= 15 is 0 Å². The van der Waals surface area contributed by atoms with Gasteiger partial charge in [-0.05, 0) is 36.9 Å². The summed E-state index contributed by atoms with van der Waals surface area (Å²) in [7, 11) is 3.43. The van der Waals surface area contributed by atoms with Gasteiger partial charge in [-0.2, -0.15) is 0 Å². The molecule has 0 bridgehead atoms. The van der Waals surface area contributed by atoms with E-state index in [-0.39, 0.29) is 11.6 Å². The largest absolute Gasteiger partial charge is 0.504 e. The molecular formula is C19H21ClFNO2S2. The number of hydrogen-bond donors (Lipinski definition) is 1. The van der Waals surface area contributed by atoms with E-state index in [4.69, 9.17) is 16.3 Å². The second-order valence-electron chi connectivity index (χ2n) is 6.18. The van der Waals surface area contributed by atoms with Crippen LogP contribution in [0.1, 0.15) is 21.3 Å². The highest BCUT2D eigenvalue weighted by molar-refractivity contribution is 8.19. The van der Waals surface area contributed by atoms with Gasteiger partial charge in [-0.25, -0.2) is 4.39 Å². The third kappa shape index (κ3) is 4.42. The number of rotatable bonds is 6. The molecule has 26 heavy (non-hydrogen) atoms. The smallest absolute Gasteiger partial charge is 0.162 e. The van der Waals surface area contributed by atoms with E-state index < -0.39 is 0 Å². The SMILES string of the molecule is COc1cc(C2SCCS2)cc(CN(C)Cc2c(F)cccc2Cl)c1O. The Hall–Kier alpha value is -1.08. The summed E-state index contributed by atoms with van der Waals surface area (Å²) < 4.78 is 19.7. The lowest BCUT2D eigenvalue weighted by molar-refractivity contribution is 0.303. The number of nitrogens with zero attached hydrogens (tertiary/aromatic N) is 1. The molecule has 3 rings (SSSR count). The number of halogens is 2. The van der Waals surface area contributed by atoms with Gasteiger partial charge in [0.1, 0.15) is 5.82 Å². The first-order chi connectivity index (χ1) is 12.5. The molecule has 3 nitrogen and oxygen atoms in total. The molecule has 1 aliphatic heterocycles. The quantitative estimate of drug-likeness (QED) is 0.694. The van der Waals surface area contributed by atoms with Crippen molar-refractivity contribution in [2.24, 2.45) is 0 Å². The van der Waals surface area contributed by atoms with Crippen molar-refractivity contribution < 1.29 is 14.2 Å². The third-order valence-electron chi connectivity index (χ3n) is 4.22. The van der Waals surface area contributed by atoms with Crippen molar-refractivity contribution >= 4 is 35.1 Å². The number of phenolic OH excluding ortho intramolecular Hbond substituents is 1. The molecule has 1 N–H and O–H groups in total. The lowest BCUT2D eigenvalue weighted by Crippen LogP contribution is -2.18. The summed E-state index contributed by atoms with van der Waals surface area (Å²) >= 11 is 9.92. The Bertz CT molecular complexity index is 764. The first kappa shape index (κ1) is 19.7. The van der Waals surface area contributed by atoms with Gasteiger partial charge >= 0.3 is 0 Å². The van der Waals surface area contributed by atoms with Gasteiger partial charge in [0.15, 0.2) is 11.5 Å². The first-order valence-corrected chi connectivity index (χ1v) is 10.7. The van der Waals surface area contributed by atoms with Crippen LogP contribution in [0.25, 0.3) is 0 Å². The average Bonchev–Trinajstić information content (AvgIpc) is 3.15. The van der Waals surface area contributed by atoms with E-state index in [1.165, 1.54) is 6.07 Å². The van der Waals surface area contributed by atoms with Gasteiger partial charge in [0.05, 0.1) is 11.7 Å². The Balaban J connectivity index is 1.82. The number of methoxy groups -OCH3 is 1. The van der Waals surface area contributed by atoms with Gasteiger partial charge in [0.25, 0.3) is 0 Å². The zero-order valence-electron chi connectivity index (χ0n) is 14.7. The molecule has 2 aromatic carbocycles. The standard InChI is InChI=1S/C19H21ClFNO2S2/c1-22(11-14-15(20)4-3-5-16(14)21)10-13-8-12(19-25-6-7-26-19)9-17(24-2)18(13)23/h3-5,8-9,19,23H,6-7,10-11H2,1-2H3. The Labute approximate surface area is 166 Å². The van der Waals surface area contributed by atoms with Crippen LogP contribution in [-0.4, -0.2) is 35.7 Å². The van der Waals surface area contributed by atoms with E-state index in [0.29, 0.717) is 34.0 Å². The fourth-order valence-corrected chi connectivity index (χ4v) is 5.99. The van der Waals surface area contributed by atoms with Gasteiger partial charge in [-0.15, -0.1) is 23.5 Å². The third-order valence-corrected chi connectivity index (χ3v) is 7.68. The van der Waals surface area contributed by atoms with Crippen molar-refractivity contribution in [1.82, 2.24) is 4.90 Å². The molecule has 0 unspecified atom stereocenters. The fraction of sp³-hybridized carbons (Fsp3) is 0.368. The molecule has 1 aliphatic rings. The minimum Gasteiger partial charge on any atom is -0.504 e. The van der Waals surface area contributed by atoms with Crippen LogP contribution in [0.5, 0.6) is 11.5 Å². The lowest BCUT2D eigenvalue weighted by Gasteiger charge is -2.21. The van der Waals surface area contributed by atoms with Crippen LogP contribution in [0.15, 0.2) is 30.3 Å². The molecule has 0 saturated carbocycles. The van der Waals surface area contributed by atoms with E-state index in [2.05, 4.69) is 0 Å². The summed E-state index contributed by atoms with van der Waals surface area (Å²) in [5.74, 6) is 2.54. The molecule has 0 aromatic heterocycles. The van der Waals surface area contributed by atoms with Crippen molar-refractivity contribution in [3.8, 4) is 11.5 Å². The second-order valence-corrected chi connectivity index (χ2v) is 9.31. The molecule has 0 radical (unpaired) electrons. The molecule has 1 fully saturated rings. The maximum atomic E-state index is 14.0. The lowest BCUT2D eigenvalue weighted by atomic mass is 10.1. The monoisotopic (exact) mass is 413 g/mol. The van der Waals surface area contributed by atoms with E-state index in [1.54, 1.807) is 19.2 Å². The highest BCUT2D eigenvalue weighted by atomic mass is 35.5. The Morgan fingerprint density at radius 1 is 1.27 bits per heavy atom. The summed E-state index contributed by atoms with van der Waals surface area (Å²) in [6, 6.07) is 8.61. The molecule has 0 amide bonds. The van der Waals surface area contributed by atoms with Crippen molar-refractivity contribution in [3.05, 3.63) is 57.9 Å². The highest BCUT2D eigenvalue weighted by Gasteiger charge is 2.22. The number of phenols is 1. The van der Waals surface area contributed by atoms with Crippen molar-refractivity contribution in [2.45, 2.75) is 17.7 Å². The summed E-state index contributed by atoms with van der Waals surface area (Å²) in [5.41, 5.74) is 2.36. The van der Waals surface area contributed by atoms with Gasteiger partial charge in [0, 0.05) is 40.7 Å². The summed E-state index contributed by atoms with van der Waals surface area (Å²) in [6.07, 6.45) is 0. The molecule has 0 aliphatic carbocycles. The van der Waals surface area contributed by atoms with E-state index in [9.17, 15) is 9.50 Å². The Morgan fingerprint density at radius 2 is 2.00 bits per heavy atom. The van der Waals surface area contributed by atoms with Crippen LogP contribution in [0.3, 0.4) is 0 Å². The minimum absolute atomic E-state index is 0.135. The number of ether oxygens (including phenoxy) is 1. The predicted octanol–water partition coefficient (Wildman–Crippen LogP) is 5.30. The topological polar surface area (TPSA) is 32.7 Å². The van der Waals surface area contributed by atoms with Gasteiger partial charge in [-0.3, -0.25) is 4.90 Å². The summed E-state index contributed by atoms with van der Waals surface area (Å²) in [4.78, 5) is 1.93. The van der Waals surface area contributed by atoms with E-state index in [0.717, 1.165) is 22.6 Å². The van der Waals surface area contributed by atoms with Crippen molar-refractivity contribution in [2.75, 3.05) is 25.7 Å². The predicted molar refractivity (Wildman–Crippen MR) is 109 cm³/mol. The Morgan fingerprint density at radius 3 is 2.65 bits per heavy atom.